The first-order valence-electron chi connectivity index (χ1n) is 28.5. The lowest BCUT2D eigenvalue weighted by molar-refractivity contribution is -0.646. The van der Waals surface area contributed by atoms with Crippen molar-refractivity contribution in [1.82, 2.24) is 31.9 Å². The van der Waals surface area contributed by atoms with Crippen LogP contribution in [0.2, 0.25) is 0 Å². The molecule has 0 atom stereocenters. The van der Waals surface area contributed by atoms with Crippen molar-refractivity contribution in [3.8, 4) is 0 Å². The maximum atomic E-state index is 13.0. The first-order chi connectivity index (χ1) is 37.9. The summed E-state index contributed by atoms with van der Waals surface area (Å²) in [5, 5.41) is 23.6. The molecular weight excluding hydrogens is 973 g/mol. The molecule has 7 rings (SSSR count). The lowest BCUT2D eigenvalue weighted by atomic mass is 10.0. The van der Waals surface area contributed by atoms with Gasteiger partial charge in [-0.25, -0.2) is 0 Å². The number of carbonyl (C=O) groups excluding carboxylic acids is 4. The monoisotopic (exact) mass is 1060 g/mol. The van der Waals surface area contributed by atoms with Gasteiger partial charge in [-0.3, -0.25) is 19.2 Å². The third-order valence-electron chi connectivity index (χ3n) is 14.7. The van der Waals surface area contributed by atoms with Gasteiger partial charge < -0.3 is 41.7 Å². The highest BCUT2D eigenvalue weighted by Gasteiger charge is 2.20. The van der Waals surface area contributed by atoms with Crippen LogP contribution in [-0.4, -0.2) is 85.5 Å². The zero-order valence-corrected chi connectivity index (χ0v) is 47.4. The molecule has 14 heteroatoms. The number of rotatable bonds is 32. The smallest absolute Gasteiger partial charge is 0.251 e. The number of aryl methyl sites for hydroxylation is 2. The summed E-state index contributed by atoms with van der Waals surface area (Å²) >= 11 is 0. The molecule has 5 aromatic carbocycles. The van der Waals surface area contributed by atoms with Crippen LogP contribution in [0.4, 0.5) is 11.4 Å². The number of hydrogen-bond donors (Lipinski definition) is 6. The third kappa shape index (κ3) is 17.2. The Morgan fingerprint density at radius 2 is 0.808 bits per heavy atom. The Morgan fingerprint density at radius 3 is 1.29 bits per heavy atom. The van der Waals surface area contributed by atoms with Crippen molar-refractivity contribution >= 4 is 78.6 Å². The van der Waals surface area contributed by atoms with E-state index >= 15 is 0 Å². The number of amides is 4. The number of carbonyl (C=O) groups is 4. The molecule has 0 aliphatic carbocycles. The molecular formula is C64H86N10O4+2. The Kier molecular flexibility index (Phi) is 22.6. The summed E-state index contributed by atoms with van der Waals surface area (Å²) in [4.78, 5) is 55.3. The molecule has 414 valence electrons. The van der Waals surface area contributed by atoms with E-state index in [0.717, 1.165) is 96.0 Å². The van der Waals surface area contributed by atoms with Gasteiger partial charge in [0.25, 0.3) is 5.91 Å². The lowest BCUT2D eigenvalue weighted by Gasteiger charge is -2.15. The number of unbranched alkanes of at least 4 members (excludes halogenated alkanes) is 7. The second-order valence-electron chi connectivity index (χ2n) is 21.3. The second kappa shape index (κ2) is 30.1. The summed E-state index contributed by atoms with van der Waals surface area (Å²) in [6.07, 6.45) is 10.9. The molecule has 6 N–H and O–H groups in total. The van der Waals surface area contributed by atoms with Gasteiger partial charge in [-0.2, -0.15) is 9.13 Å². The van der Waals surface area contributed by atoms with Gasteiger partial charge in [0.15, 0.2) is 0 Å². The number of fused-ring (bicyclic) bond motifs is 4. The van der Waals surface area contributed by atoms with Crippen molar-refractivity contribution in [2.75, 3.05) is 71.7 Å². The topological polar surface area (TPSA) is 155 Å². The molecule has 2 aromatic heterocycles. The minimum absolute atomic E-state index is 0.0526. The van der Waals surface area contributed by atoms with Gasteiger partial charge >= 0.3 is 0 Å². The summed E-state index contributed by atoms with van der Waals surface area (Å²) in [7, 11) is 12.2. The molecule has 0 saturated carbocycles. The molecule has 0 bridgehead atoms. The van der Waals surface area contributed by atoms with Gasteiger partial charge in [0.2, 0.25) is 39.8 Å². The van der Waals surface area contributed by atoms with E-state index in [1.165, 1.54) is 66.1 Å². The Hall–Kier alpha value is -7.16. The summed E-state index contributed by atoms with van der Waals surface area (Å²) in [5.41, 5.74) is 11.2. The Labute approximate surface area is 462 Å². The van der Waals surface area contributed by atoms with E-state index in [9.17, 15) is 19.2 Å². The molecule has 14 nitrogen and oxygen atoms in total. The van der Waals surface area contributed by atoms with Crippen molar-refractivity contribution in [2.45, 2.75) is 123 Å². The van der Waals surface area contributed by atoms with Crippen LogP contribution in [0.5, 0.6) is 0 Å². The maximum Gasteiger partial charge on any atom is 0.251 e. The zero-order valence-electron chi connectivity index (χ0n) is 47.4. The second-order valence-corrected chi connectivity index (χ2v) is 21.3. The van der Waals surface area contributed by atoms with E-state index in [-0.39, 0.29) is 23.6 Å². The van der Waals surface area contributed by atoms with E-state index in [2.05, 4.69) is 164 Å². The molecule has 0 unspecified atom stereocenters. The number of hydrogen-bond acceptors (Lipinski definition) is 8. The largest absolute Gasteiger partial charge is 0.377 e. The third-order valence-corrected chi connectivity index (χ3v) is 14.7. The number of nitrogens with zero attached hydrogens (tertiary/aromatic N) is 4. The fraction of sp³-hybridized carbons (Fsp3) is 0.438. The average molecular weight is 1060 g/mol. The number of benzene rings is 5. The van der Waals surface area contributed by atoms with Crippen molar-refractivity contribution in [3.63, 3.8) is 0 Å². The van der Waals surface area contributed by atoms with Gasteiger partial charge in [0.05, 0.1) is 0 Å². The van der Waals surface area contributed by atoms with Crippen LogP contribution in [-0.2, 0) is 47.1 Å². The van der Waals surface area contributed by atoms with E-state index in [1.807, 2.05) is 32.3 Å². The molecule has 2 heterocycles. The average Bonchev–Trinajstić information content (AvgIpc) is 3.45. The van der Waals surface area contributed by atoms with Crippen molar-refractivity contribution in [1.29, 1.82) is 0 Å². The summed E-state index contributed by atoms with van der Waals surface area (Å²) in [5.74, 6) is -0.0558. The summed E-state index contributed by atoms with van der Waals surface area (Å²) in [6, 6.07) is 38.6. The lowest BCUT2D eigenvalue weighted by Crippen LogP contribution is -2.36. The minimum Gasteiger partial charge on any atom is -0.377 e. The zero-order chi connectivity index (χ0) is 55.2. The summed E-state index contributed by atoms with van der Waals surface area (Å²) in [6.45, 7) is 5.45. The van der Waals surface area contributed by atoms with E-state index in [4.69, 9.17) is 0 Å². The Balaban J connectivity index is 0.710. The molecule has 0 saturated heterocycles. The van der Waals surface area contributed by atoms with Crippen molar-refractivity contribution in [2.24, 2.45) is 0 Å². The highest BCUT2D eigenvalue weighted by Crippen LogP contribution is 2.26. The number of anilines is 2. The van der Waals surface area contributed by atoms with Crippen LogP contribution in [0.1, 0.15) is 117 Å². The predicted octanol–water partition coefficient (Wildman–Crippen LogP) is 8.89. The Morgan fingerprint density at radius 1 is 0.397 bits per heavy atom. The molecule has 7 aromatic rings. The predicted molar refractivity (Wildman–Crippen MR) is 319 cm³/mol. The quantitative estimate of drug-likeness (QED) is 0.0139. The first-order valence-corrected chi connectivity index (χ1v) is 28.5. The van der Waals surface area contributed by atoms with Gasteiger partial charge in [0.1, 0.15) is 13.1 Å². The van der Waals surface area contributed by atoms with Crippen LogP contribution < -0.4 is 50.8 Å². The van der Waals surface area contributed by atoms with Crippen molar-refractivity contribution in [3.05, 3.63) is 131 Å². The number of nitrogens with one attached hydrogen (secondary N) is 6. The van der Waals surface area contributed by atoms with Gasteiger partial charge in [-0.05, 0) is 149 Å². The highest BCUT2D eigenvalue weighted by molar-refractivity contribution is 5.94. The molecule has 0 radical (unpaired) electrons. The van der Waals surface area contributed by atoms with Crippen molar-refractivity contribution < 1.29 is 28.3 Å². The molecule has 78 heavy (non-hydrogen) atoms. The van der Waals surface area contributed by atoms with Crippen LogP contribution in [0.15, 0.2) is 109 Å². The van der Waals surface area contributed by atoms with Crippen LogP contribution in [0.25, 0.3) is 43.6 Å². The fourth-order valence-corrected chi connectivity index (χ4v) is 10.3. The SMILES string of the molecule is CNCc1ccc2cc3ccc(CNC)cc3[n+](CCCCCC(=O)NCCCCCNC(=O)c3cccc(CNC(=O)CCCCNC(=O)CCCCC[n+]4c5cc(N(C)C)ccc5cc5ccc(N(C)C)cc54)c3)c2c1. The number of aromatic nitrogens is 2. The Bertz CT molecular complexity index is 3010. The molecule has 0 aliphatic heterocycles. The van der Waals surface area contributed by atoms with Crippen LogP contribution in [0, 0.1) is 0 Å². The maximum absolute atomic E-state index is 13.0. The van der Waals surface area contributed by atoms with E-state index in [0.29, 0.717) is 57.4 Å². The molecule has 4 amide bonds. The molecule has 0 fully saturated rings. The van der Waals surface area contributed by atoms with Gasteiger partial charge in [-0.1, -0.05) is 24.3 Å². The fourth-order valence-electron chi connectivity index (χ4n) is 10.3. The van der Waals surface area contributed by atoms with E-state index < -0.39 is 0 Å². The normalized spacial score (nSPS) is 11.4. The van der Waals surface area contributed by atoms with Gasteiger partial charge in [0, 0.05) is 162 Å². The van der Waals surface area contributed by atoms with Gasteiger partial charge in [-0.15, -0.1) is 0 Å². The molecule has 0 spiro atoms. The highest BCUT2D eigenvalue weighted by atomic mass is 16.2. The van der Waals surface area contributed by atoms with Crippen LogP contribution in [0.3, 0.4) is 0 Å². The molecule has 0 aliphatic rings. The summed E-state index contributed by atoms with van der Waals surface area (Å²) < 4.78 is 4.89. The van der Waals surface area contributed by atoms with Crippen LogP contribution >= 0.6 is 0 Å². The minimum atomic E-state index is -0.145. The van der Waals surface area contributed by atoms with E-state index in [1.54, 1.807) is 6.07 Å². The first kappa shape index (κ1) is 58.5. The number of pyridine rings is 2. The standard InChI is InChI=1S/C64H84N10O4/c1-65-44-48-24-26-50-40-51-27-25-49(45-66-2)39-58(51)73(57(50)38-48)35-16-7-10-21-61(75)67-32-13-9-14-34-69-64(78)54-20-18-19-47(37-54)46-70-63(77)23-12-15-33-68-62(76)22-11-8-17-36-74-59-42-55(71(3)4)30-28-52(59)41-53-29-31-56(72(5)6)43-60(53)74/h18-20,24-31,37-43,65-66H,7-17,21-23,32-36,44-46H2,1-6H3,(H2-2,67,68,69,70,75,76,77,78)/p+2.